The topological polar surface area (TPSA) is 55.9 Å². The summed E-state index contributed by atoms with van der Waals surface area (Å²) in [5.41, 5.74) is 2.48. The number of likely N-dealkylation sites (N-methyl/N-ethyl adjacent to an activating group) is 1. The van der Waals surface area contributed by atoms with Crippen molar-refractivity contribution in [2.45, 2.75) is 39.8 Å². The Bertz CT molecular complexity index is 960. The van der Waals surface area contributed by atoms with Crippen LogP contribution in [0.15, 0.2) is 42.5 Å². The van der Waals surface area contributed by atoms with E-state index in [4.69, 9.17) is 11.6 Å². The van der Waals surface area contributed by atoms with Gasteiger partial charge in [0, 0.05) is 31.7 Å². The Morgan fingerprint density at radius 2 is 1.79 bits per heavy atom. The summed E-state index contributed by atoms with van der Waals surface area (Å²) < 4.78 is 14.6. The summed E-state index contributed by atoms with van der Waals surface area (Å²) in [6.45, 7) is 5.76. The van der Waals surface area contributed by atoms with Crippen molar-refractivity contribution in [1.29, 1.82) is 0 Å². The normalized spacial score (nSPS) is 13.2. The zero-order valence-corrected chi connectivity index (χ0v) is 20.2. The third-order valence-corrected chi connectivity index (χ3v) is 6.03. The smallest absolute Gasteiger partial charge is 0.256 e. The number of fused-ring (bicyclic) bond motifs is 1. The Kier molecular flexibility index (Phi) is 8.69. The van der Waals surface area contributed by atoms with E-state index in [0.29, 0.717) is 30.6 Å². The van der Waals surface area contributed by atoms with Gasteiger partial charge in [0.1, 0.15) is 5.82 Å². The van der Waals surface area contributed by atoms with Gasteiger partial charge in [0.05, 0.1) is 18.8 Å². The van der Waals surface area contributed by atoms with Crippen LogP contribution in [0.2, 0.25) is 5.02 Å². The van der Waals surface area contributed by atoms with E-state index in [0.717, 1.165) is 12.8 Å². The summed E-state index contributed by atoms with van der Waals surface area (Å²) in [4.78, 5) is 27.2. The van der Waals surface area contributed by atoms with E-state index in [1.165, 1.54) is 34.2 Å². The van der Waals surface area contributed by atoms with Crippen molar-refractivity contribution in [1.82, 2.24) is 15.3 Å². The van der Waals surface area contributed by atoms with Gasteiger partial charge in [-0.25, -0.2) is 9.40 Å². The molecule has 3 rings (SSSR count). The highest BCUT2D eigenvalue weighted by molar-refractivity contribution is 6.30. The van der Waals surface area contributed by atoms with Gasteiger partial charge in [-0.2, -0.15) is 0 Å². The lowest BCUT2D eigenvalue weighted by atomic mass is 10.1. The lowest BCUT2D eigenvalue weighted by Crippen LogP contribution is -2.48. The Hall–Kier alpha value is -2.64. The van der Waals surface area contributed by atoms with Crippen LogP contribution in [0, 0.1) is 11.7 Å². The number of carbonyl (C=O) groups is 2. The maximum Gasteiger partial charge on any atom is 0.256 e. The minimum atomic E-state index is -0.531. The zero-order valence-electron chi connectivity index (χ0n) is 19.5. The molecule has 0 fully saturated rings. The van der Waals surface area contributed by atoms with Crippen molar-refractivity contribution in [3.05, 3.63) is 64.4 Å². The van der Waals surface area contributed by atoms with Crippen LogP contribution in [0.25, 0.3) is 0 Å². The maximum absolute atomic E-state index is 14.6. The summed E-state index contributed by atoms with van der Waals surface area (Å²) in [6.07, 6.45) is 1.88. The van der Waals surface area contributed by atoms with Gasteiger partial charge in [-0.3, -0.25) is 14.6 Å². The van der Waals surface area contributed by atoms with Crippen molar-refractivity contribution in [3.63, 3.8) is 0 Å². The Labute approximate surface area is 200 Å². The zero-order chi connectivity index (χ0) is 24.0. The summed E-state index contributed by atoms with van der Waals surface area (Å²) in [5, 5.41) is 6.70. The molecule has 0 radical (unpaired) electrons. The molecule has 1 N–H and O–H groups in total. The number of hydrogen-bond donors (Lipinski definition) is 1. The second kappa shape index (κ2) is 11.5. The monoisotopic (exact) mass is 474 g/mol. The van der Waals surface area contributed by atoms with E-state index in [9.17, 15) is 14.0 Å². The van der Waals surface area contributed by atoms with Crippen molar-refractivity contribution < 1.29 is 14.0 Å². The fourth-order valence-electron chi connectivity index (χ4n) is 3.87. The Morgan fingerprint density at radius 1 is 1.12 bits per heavy atom. The van der Waals surface area contributed by atoms with Crippen LogP contribution >= 0.6 is 11.6 Å². The molecule has 1 aliphatic heterocycles. The first-order valence-corrected chi connectivity index (χ1v) is 11.7. The van der Waals surface area contributed by atoms with Crippen LogP contribution in [0.5, 0.6) is 0 Å². The minimum Gasteiger partial charge on any atom is -0.355 e. The first kappa shape index (κ1) is 25.0. The van der Waals surface area contributed by atoms with E-state index >= 15 is 0 Å². The standard InChI is InChI=1S/C25H32ClFN4O2/c1-18(2)7-6-12-28-24(32)16-30(23-13-21(26)10-11-22(23)27)17-25(33)29(3)31-14-19-8-4-5-9-20(19)15-31/h4-5,8-11,13,18H,6-7,12,14-17H2,1-3H3,(H,28,32). The molecule has 0 spiro atoms. The Balaban J connectivity index is 1.68. The number of carbonyl (C=O) groups excluding carboxylic acids is 2. The minimum absolute atomic E-state index is 0.131. The van der Waals surface area contributed by atoms with Gasteiger partial charge in [-0.1, -0.05) is 49.7 Å². The molecule has 178 valence electrons. The highest BCUT2D eigenvalue weighted by Crippen LogP contribution is 2.25. The van der Waals surface area contributed by atoms with Gasteiger partial charge in [0.15, 0.2) is 0 Å². The molecule has 2 aromatic carbocycles. The largest absolute Gasteiger partial charge is 0.355 e. The van der Waals surface area contributed by atoms with E-state index in [1.807, 2.05) is 29.3 Å². The van der Waals surface area contributed by atoms with E-state index in [2.05, 4.69) is 19.2 Å². The van der Waals surface area contributed by atoms with Crippen LogP contribution in [-0.2, 0) is 22.7 Å². The van der Waals surface area contributed by atoms with Gasteiger partial charge >= 0.3 is 0 Å². The van der Waals surface area contributed by atoms with Crippen molar-refractivity contribution in [2.75, 3.05) is 31.6 Å². The molecule has 0 saturated carbocycles. The number of hydrazine groups is 1. The van der Waals surface area contributed by atoms with Crippen LogP contribution in [0.1, 0.15) is 37.8 Å². The van der Waals surface area contributed by atoms with Crippen molar-refractivity contribution in [2.24, 2.45) is 5.92 Å². The lowest BCUT2D eigenvalue weighted by Gasteiger charge is -2.31. The molecule has 8 heteroatoms. The lowest BCUT2D eigenvalue weighted by molar-refractivity contribution is -0.145. The van der Waals surface area contributed by atoms with Gasteiger partial charge in [-0.15, -0.1) is 0 Å². The molecule has 6 nitrogen and oxygen atoms in total. The van der Waals surface area contributed by atoms with Gasteiger partial charge in [0.2, 0.25) is 5.91 Å². The molecule has 1 aliphatic rings. The van der Waals surface area contributed by atoms with E-state index in [-0.39, 0.29) is 30.6 Å². The fourth-order valence-corrected chi connectivity index (χ4v) is 4.04. The number of nitrogens with zero attached hydrogens (tertiary/aromatic N) is 3. The fraction of sp³-hybridized carbons (Fsp3) is 0.440. The summed E-state index contributed by atoms with van der Waals surface area (Å²) in [7, 11) is 1.70. The first-order chi connectivity index (χ1) is 15.7. The highest BCUT2D eigenvalue weighted by Gasteiger charge is 2.27. The number of anilines is 1. The maximum atomic E-state index is 14.6. The molecule has 0 saturated heterocycles. The van der Waals surface area contributed by atoms with Crippen molar-refractivity contribution in [3.8, 4) is 0 Å². The molecule has 0 bridgehead atoms. The predicted molar refractivity (Wildman–Crippen MR) is 129 cm³/mol. The van der Waals surface area contributed by atoms with Gasteiger partial charge < -0.3 is 10.2 Å². The van der Waals surface area contributed by atoms with Crippen LogP contribution < -0.4 is 10.2 Å². The number of rotatable bonds is 10. The second-order valence-corrected chi connectivity index (χ2v) is 9.28. The summed E-state index contributed by atoms with van der Waals surface area (Å²) in [6, 6.07) is 12.2. The molecular formula is C25H32ClFN4O2. The van der Waals surface area contributed by atoms with Crippen LogP contribution in [0.4, 0.5) is 10.1 Å². The van der Waals surface area contributed by atoms with E-state index in [1.54, 1.807) is 12.1 Å². The number of hydrogen-bond acceptors (Lipinski definition) is 4. The van der Waals surface area contributed by atoms with E-state index < -0.39 is 5.82 Å². The number of benzene rings is 2. The highest BCUT2D eigenvalue weighted by atomic mass is 35.5. The number of nitrogens with one attached hydrogen (secondary N) is 1. The van der Waals surface area contributed by atoms with Crippen molar-refractivity contribution >= 4 is 29.1 Å². The SMILES string of the molecule is CC(C)CCCNC(=O)CN(CC(=O)N(C)N1Cc2ccccc2C1)c1cc(Cl)ccc1F. The molecule has 1 heterocycles. The van der Waals surface area contributed by atoms with Gasteiger partial charge in [0.25, 0.3) is 5.91 Å². The van der Waals surface area contributed by atoms with Crippen LogP contribution in [0.3, 0.4) is 0 Å². The van der Waals surface area contributed by atoms with Crippen LogP contribution in [-0.4, -0.2) is 48.5 Å². The Morgan fingerprint density at radius 3 is 2.42 bits per heavy atom. The molecule has 0 unspecified atom stereocenters. The average molecular weight is 475 g/mol. The average Bonchev–Trinajstić information content (AvgIpc) is 3.21. The second-order valence-electron chi connectivity index (χ2n) is 8.85. The molecule has 2 aromatic rings. The quantitative estimate of drug-likeness (QED) is 0.524. The molecule has 0 atom stereocenters. The third-order valence-electron chi connectivity index (χ3n) is 5.80. The first-order valence-electron chi connectivity index (χ1n) is 11.3. The predicted octanol–water partition coefficient (Wildman–Crippen LogP) is 4.23. The molecule has 0 aromatic heterocycles. The summed E-state index contributed by atoms with van der Waals surface area (Å²) >= 11 is 6.09. The number of halogens is 2. The number of amides is 2. The molecule has 2 amide bonds. The third kappa shape index (κ3) is 6.92. The molecule has 0 aliphatic carbocycles. The molecular weight excluding hydrogens is 443 g/mol. The molecule has 33 heavy (non-hydrogen) atoms. The summed E-state index contributed by atoms with van der Waals surface area (Å²) in [5.74, 6) is -0.475. The van der Waals surface area contributed by atoms with Gasteiger partial charge in [-0.05, 0) is 48.1 Å².